The third-order valence-electron chi connectivity index (χ3n) is 2.40. The van der Waals surface area contributed by atoms with E-state index >= 15 is 0 Å². The molecule has 0 unspecified atom stereocenters. The van der Waals surface area contributed by atoms with Crippen molar-refractivity contribution in [1.29, 1.82) is 0 Å². The van der Waals surface area contributed by atoms with Crippen molar-refractivity contribution in [2.24, 2.45) is 5.73 Å². The zero-order valence-corrected chi connectivity index (χ0v) is 10.5. The van der Waals surface area contributed by atoms with E-state index in [0.29, 0.717) is 13.1 Å². The molecule has 98 valence electrons. The molecule has 0 aliphatic rings. The van der Waals surface area contributed by atoms with Gasteiger partial charge in [0.15, 0.2) is 0 Å². The molecule has 0 radical (unpaired) electrons. The molecule has 0 fully saturated rings. The standard InChI is InChI=1S/C13H19N3O2/c1-10(14)13(18)15-8-7-12(17)16-9-11-5-3-2-4-6-11/h2-6,10H,7-9,14H2,1H3,(H,15,18)(H,16,17)/t10-/m0/s1. The summed E-state index contributed by atoms with van der Waals surface area (Å²) in [7, 11) is 0. The van der Waals surface area contributed by atoms with Gasteiger partial charge in [0.2, 0.25) is 11.8 Å². The van der Waals surface area contributed by atoms with Gasteiger partial charge in [-0.25, -0.2) is 0 Å². The molecule has 0 saturated heterocycles. The largest absolute Gasteiger partial charge is 0.354 e. The zero-order chi connectivity index (χ0) is 13.4. The summed E-state index contributed by atoms with van der Waals surface area (Å²) in [6.45, 7) is 2.41. The van der Waals surface area contributed by atoms with Crippen molar-refractivity contribution >= 4 is 11.8 Å². The van der Waals surface area contributed by atoms with E-state index < -0.39 is 6.04 Å². The first-order chi connectivity index (χ1) is 8.59. The third kappa shape index (κ3) is 5.45. The molecule has 18 heavy (non-hydrogen) atoms. The van der Waals surface area contributed by atoms with Gasteiger partial charge in [-0.2, -0.15) is 0 Å². The fourth-order valence-corrected chi connectivity index (χ4v) is 1.35. The van der Waals surface area contributed by atoms with Crippen molar-refractivity contribution in [3.05, 3.63) is 35.9 Å². The highest BCUT2D eigenvalue weighted by molar-refractivity contribution is 5.82. The van der Waals surface area contributed by atoms with Gasteiger partial charge in [0.1, 0.15) is 0 Å². The quantitative estimate of drug-likeness (QED) is 0.671. The number of benzene rings is 1. The number of hydrogen-bond donors (Lipinski definition) is 3. The summed E-state index contributed by atoms with van der Waals surface area (Å²) < 4.78 is 0. The summed E-state index contributed by atoms with van der Waals surface area (Å²) in [5, 5.41) is 5.37. The topological polar surface area (TPSA) is 84.2 Å². The number of rotatable bonds is 6. The Morgan fingerprint density at radius 3 is 2.50 bits per heavy atom. The first-order valence-electron chi connectivity index (χ1n) is 5.93. The van der Waals surface area contributed by atoms with Gasteiger partial charge in [-0.1, -0.05) is 30.3 Å². The van der Waals surface area contributed by atoms with Crippen LogP contribution in [0.25, 0.3) is 0 Å². The highest BCUT2D eigenvalue weighted by Crippen LogP contribution is 1.97. The summed E-state index contributed by atoms with van der Waals surface area (Å²) in [4.78, 5) is 22.6. The Balaban J connectivity index is 2.17. The van der Waals surface area contributed by atoms with Gasteiger partial charge in [0.25, 0.3) is 0 Å². The van der Waals surface area contributed by atoms with Gasteiger partial charge < -0.3 is 16.4 Å². The molecular formula is C13H19N3O2. The van der Waals surface area contributed by atoms with Crippen LogP contribution in [0.1, 0.15) is 18.9 Å². The molecule has 0 aliphatic heterocycles. The van der Waals surface area contributed by atoms with E-state index in [4.69, 9.17) is 5.73 Å². The van der Waals surface area contributed by atoms with E-state index in [-0.39, 0.29) is 18.2 Å². The zero-order valence-electron chi connectivity index (χ0n) is 10.5. The lowest BCUT2D eigenvalue weighted by Gasteiger charge is -2.08. The first kappa shape index (κ1) is 14.2. The smallest absolute Gasteiger partial charge is 0.236 e. The Kier molecular flexibility index (Phi) is 5.87. The normalized spacial score (nSPS) is 11.7. The molecule has 1 rings (SSSR count). The molecule has 5 heteroatoms. The minimum absolute atomic E-state index is 0.0937. The fraction of sp³-hybridized carbons (Fsp3) is 0.385. The second kappa shape index (κ2) is 7.45. The van der Waals surface area contributed by atoms with Gasteiger partial charge in [-0.3, -0.25) is 9.59 Å². The average molecular weight is 249 g/mol. The number of carbonyl (C=O) groups is 2. The van der Waals surface area contributed by atoms with E-state index in [1.54, 1.807) is 6.92 Å². The van der Waals surface area contributed by atoms with Gasteiger partial charge in [-0.15, -0.1) is 0 Å². The van der Waals surface area contributed by atoms with Crippen LogP contribution in [0.4, 0.5) is 0 Å². The Labute approximate surface area is 107 Å². The summed E-state index contributed by atoms with van der Waals surface area (Å²) >= 11 is 0. The van der Waals surface area contributed by atoms with Crippen LogP contribution in [0.15, 0.2) is 30.3 Å². The second-order valence-electron chi connectivity index (χ2n) is 4.09. The van der Waals surface area contributed by atoms with Crippen molar-refractivity contribution in [3.63, 3.8) is 0 Å². The average Bonchev–Trinajstić information content (AvgIpc) is 2.37. The molecule has 1 aromatic rings. The first-order valence-corrected chi connectivity index (χ1v) is 5.93. The van der Waals surface area contributed by atoms with E-state index in [0.717, 1.165) is 5.56 Å². The maximum absolute atomic E-state index is 11.5. The fourth-order valence-electron chi connectivity index (χ4n) is 1.35. The van der Waals surface area contributed by atoms with Gasteiger partial charge in [0.05, 0.1) is 6.04 Å². The minimum atomic E-state index is -0.544. The van der Waals surface area contributed by atoms with Crippen molar-refractivity contribution in [2.75, 3.05) is 6.54 Å². The third-order valence-corrected chi connectivity index (χ3v) is 2.40. The number of hydrogen-bond acceptors (Lipinski definition) is 3. The molecule has 1 atom stereocenters. The van der Waals surface area contributed by atoms with Crippen molar-refractivity contribution in [1.82, 2.24) is 10.6 Å². The van der Waals surface area contributed by atoms with Crippen LogP contribution < -0.4 is 16.4 Å². The molecule has 5 nitrogen and oxygen atoms in total. The number of nitrogens with two attached hydrogens (primary N) is 1. The lowest BCUT2D eigenvalue weighted by Crippen LogP contribution is -2.39. The Bertz CT molecular complexity index is 390. The van der Waals surface area contributed by atoms with Crippen molar-refractivity contribution in [2.45, 2.75) is 25.9 Å². The van der Waals surface area contributed by atoms with Crippen molar-refractivity contribution in [3.8, 4) is 0 Å². The molecular weight excluding hydrogens is 230 g/mol. The van der Waals surface area contributed by atoms with Crippen LogP contribution in [0.3, 0.4) is 0 Å². The maximum Gasteiger partial charge on any atom is 0.236 e. The predicted molar refractivity (Wildman–Crippen MR) is 69.6 cm³/mol. The Morgan fingerprint density at radius 1 is 1.22 bits per heavy atom. The van der Waals surface area contributed by atoms with E-state index in [2.05, 4.69) is 10.6 Å². The molecule has 0 aliphatic carbocycles. The SMILES string of the molecule is C[C@H](N)C(=O)NCCC(=O)NCc1ccccc1. The van der Waals surface area contributed by atoms with Crippen molar-refractivity contribution < 1.29 is 9.59 Å². The van der Waals surface area contributed by atoms with Crippen LogP contribution >= 0.6 is 0 Å². The highest BCUT2D eigenvalue weighted by atomic mass is 16.2. The van der Waals surface area contributed by atoms with Crippen LogP contribution in [0, 0.1) is 0 Å². The lowest BCUT2D eigenvalue weighted by atomic mass is 10.2. The van der Waals surface area contributed by atoms with Crippen LogP contribution in [-0.4, -0.2) is 24.4 Å². The second-order valence-corrected chi connectivity index (χ2v) is 4.09. The Morgan fingerprint density at radius 2 is 1.89 bits per heavy atom. The molecule has 0 bridgehead atoms. The number of amides is 2. The molecule has 0 aromatic heterocycles. The van der Waals surface area contributed by atoms with E-state index in [1.807, 2.05) is 30.3 Å². The monoisotopic (exact) mass is 249 g/mol. The van der Waals surface area contributed by atoms with Crippen LogP contribution in [0.5, 0.6) is 0 Å². The molecule has 0 spiro atoms. The number of carbonyl (C=O) groups excluding carboxylic acids is 2. The molecule has 4 N–H and O–H groups in total. The lowest BCUT2D eigenvalue weighted by molar-refractivity contribution is -0.122. The molecule has 0 saturated carbocycles. The van der Waals surface area contributed by atoms with Gasteiger partial charge in [0, 0.05) is 19.5 Å². The maximum atomic E-state index is 11.5. The molecule has 1 aromatic carbocycles. The van der Waals surface area contributed by atoms with Crippen LogP contribution in [-0.2, 0) is 16.1 Å². The molecule has 0 heterocycles. The summed E-state index contributed by atoms with van der Waals surface area (Å²) in [6.07, 6.45) is 0.255. The number of nitrogens with one attached hydrogen (secondary N) is 2. The summed E-state index contributed by atoms with van der Waals surface area (Å²) in [6, 6.07) is 9.11. The minimum Gasteiger partial charge on any atom is -0.354 e. The van der Waals surface area contributed by atoms with Gasteiger partial charge >= 0.3 is 0 Å². The van der Waals surface area contributed by atoms with E-state index in [9.17, 15) is 9.59 Å². The van der Waals surface area contributed by atoms with E-state index in [1.165, 1.54) is 0 Å². The molecule has 2 amide bonds. The van der Waals surface area contributed by atoms with Crippen LogP contribution in [0.2, 0.25) is 0 Å². The summed E-state index contributed by atoms with van der Waals surface area (Å²) in [5.74, 6) is -0.338. The predicted octanol–water partition coefficient (Wildman–Crippen LogP) is 0.156. The summed E-state index contributed by atoms with van der Waals surface area (Å²) in [5.41, 5.74) is 6.42. The van der Waals surface area contributed by atoms with Gasteiger partial charge in [-0.05, 0) is 12.5 Å². The Hall–Kier alpha value is -1.88. The highest BCUT2D eigenvalue weighted by Gasteiger charge is 2.07.